The van der Waals surface area contributed by atoms with E-state index in [9.17, 15) is 4.79 Å². The molecular formula is C17H23NO4S. The van der Waals surface area contributed by atoms with Crippen LogP contribution < -0.4 is 4.74 Å². The van der Waals surface area contributed by atoms with E-state index in [0.29, 0.717) is 37.0 Å². The van der Waals surface area contributed by atoms with Crippen LogP contribution in [0.1, 0.15) is 29.4 Å². The summed E-state index contributed by atoms with van der Waals surface area (Å²) in [6, 6.07) is 1.95. The summed E-state index contributed by atoms with van der Waals surface area (Å²) >= 11 is 1.44. The molecule has 23 heavy (non-hydrogen) atoms. The third-order valence-corrected chi connectivity index (χ3v) is 5.23. The Balaban J connectivity index is 1.73. The summed E-state index contributed by atoms with van der Waals surface area (Å²) in [6.07, 6.45) is 3.58. The fourth-order valence-corrected chi connectivity index (χ4v) is 4.18. The number of amides is 1. The van der Waals surface area contributed by atoms with E-state index >= 15 is 0 Å². The van der Waals surface area contributed by atoms with E-state index < -0.39 is 0 Å². The van der Waals surface area contributed by atoms with Gasteiger partial charge in [-0.05, 0) is 31.2 Å². The van der Waals surface area contributed by atoms with Gasteiger partial charge in [-0.25, -0.2) is 0 Å². The molecule has 3 atom stereocenters. The van der Waals surface area contributed by atoms with Gasteiger partial charge in [-0.3, -0.25) is 4.79 Å². The van der Waals surface area contributed by atoms with Crippen molar-refractivity contribution in [2.45, 2.75) is 38.0 Å². The zero-order chi connectivity index (χ0) is 16.2. The van der Waals surface area contributed by atoms with Crippen molar-refractivity contribution < 1.29 is 19.0 Å². The highest BCUT2D eigenvalue weighted by Gasteiger charge is 2.45. The van der Waals surface area contributed by atoms with Gasteiger partial charge in [0.05, 0.1) is 32.0 Å². The summed E-state index contributed by atoms with van der Waals surface area (Å²) in [5.41, 5.74) is 0. The largest absolute Gasteiger partial charge is 0.492 e. The summed E-state index contributed by atoms with van der Waals surface area (Å²) < 4.78 is 17.3. The van der Waals surface area contributed by atoms with E-state index in [1.807, 2.05) is 23.3 Å². The summed E-state index contributed by atoms with van der Waals surface area (Å²) in [6.45, 7) is 7.86. The van der Waals surface area contributed by atoms with Gasteiger partial charge in [0.2, 0.25) is 0 Å². The topological polar surface area (TPSA) is 48.0 Å². The van der Waals surface area contributed by atoms with Crippen LogP contribution in [0.25, 0.3) is 0 Å². The molecule has 2 fully saturated rings. The fraction of sp³-hybridized carbons (Fsp3) is 0.588. The van der Waals surface area contributed by atoms with Gasteiger partial charge < -0.3 is 19.1 Å². The van der Waals surface area contributed by atoms with Crippen LogP contribution in [0.5, 0.6) is 5.75 Å². The maximum atomic E-state index is 13.0. The van der Waals surface area contributed by atoms with Crippen LogP contribution in [0.2, 0.25) is 0 Å². The summed E-state index contributed by atoms with van der Waals surface area (Å²) in [7, 11) is 0. The molecule has 1 aliphatic heterocycles. The Kier molecular flexibility index (Phi) is 5.35. The SMILES string of the molecule is C=CCO[C@@H]1CC[C@H]2[C@H]1OCCN2C(=O)c1sccc1OCC. The van der Waals surface area contributed by atoms with Gasteiger partial charge in [0.25, 0.3) is 5.91 Å². The first kappa shape index (κ1) is 16.5. The Morgan fingerprint density at radius 1 is 1.57 bits per heavy atom. The number of nitrogens with zero attached hydrogens (tertiary/aromatic N) is 1. The second-order valence-electron chi connectivity index (χ2n) is 5.69. The lowest BCUT2D eigenvalue weighted by molar-refractivity contribution is -0.100. The quantitative estimate of drug-likeness (QED) is 0.749. The Labute approximate surface area is 140 Å². The molecule has 1 aliphatic carbocycles. The maximum Gasteiger partial charge on any atom is 0.268 e. The standard InChI is InChI=1S/C17H23NO4S/c1-3-9-21-13-6-5-12-15(13)22-10-8-18(12)17(19)16-14(20-4-2)7-11-23-16/h3,7,11-13,15H,1,4-6,8-10H2,2H3/t12-,13+,15+/m0/s1. The predicted octanol–water partition coefficient (Wildman–Crippen LogP) is 2.72. The molecule has 1 aromatic heterocycles. The molecular weight excluding hydrogens is 314 g/mol. The Morgan fingerprint density at radius 3 is 3.22 bits per heavy atom. The monoisotopic (exact) mass is 337 g/mol. The average molecular weight is 337 g/mol. The van der Waals surface area contributed by atoms with E-state index in [-0.39, 0.29) is 24.2 Å². The molecule has 5 nitrogen and oxygen atoms in total. The molecule has 0 radical (unpaired) electrons. The lowest BCUT2D eigenvalue weighted by Crippen LogP contribution is -2.53. The van der Waals surface area contributed by atoms with Crippen molar-refractivity contribution in [3.8, 4) is 5.75 Å². The molecule has 0 spiro atoms. The Bertz CT molecular complexity index is 559. The van der Waals surface area contributed by atoms with Crippen molar-refractivity contribution >= 4 is 17.2 Å². The molecule has 126 valence electrons. The molecule has 0 unspecified atom stereocenters. The molecule has 2 aliphatic rings. The van der Waals surface area contributed by atoms with Crippen molar-refractivity contribution in [3.63, 3.8) is 0 Å². The first-order valence-corrected chi connectivity index (χ1v) is 8.99. The highest BCUT2D eigenvalue weighted by atomic mass is 32.1. The van der Waals surface area contributed by atoms with Crippen LogP contribution in [0.15, 0.2) is 24.1 Å². The van der Waals surface area contributed by atoms with E-state index in [1.54, 1.807) is 6.08 Å². The number of fused-ring (bicyclic) bond motifs is 1. The molecule has 0 bridgehead atoms. The zero-order valence-electron chi connectivity index (χ0n) is 13.4. The molecule has 1 amide bonds. The Hall–Kier alpha value is -1.37. The number of hydrogen-bond acceptors (Lipinski definition) is 5. The molecule has 1 aromatic rings. The van der Waals surface area contributed by atoms with Crippen molar-refractivity contribution in [1.29, 1.82) is 0 Å². The third kappa shape index (κ3) is 3.29. The minimum atomic E-state index is -0.0387. The third-order valence-electron chi connectivity index (χ3n) is 4.35. The number of hydrogen-bond donors (Lipinski definition) is 0. The van der Waals surface area contributed by atoms with Crippen LogP contribution in [-0.2, 0) is 9.47 Å². The van der Waals surface area contributed by atoms with Gasteiger partial charge in [0, 0.05) is 6.54 Å². The van der Waals surface area contributed by atoms with Gasteiger partial charge in [-0.2, -0.15) is 0 Å². The Morgan fingerprint density at radius 2 is 2.43 bits per heavy atom. The molecule has 3 rings (SSSR count). The fourth-order valence-electron chi connectivity index (χ4n) is 3.39. The van der Waals surface area contributed by atoms with Crippen LogP contribution in [0.3, 0.4) is 0 Å². The van der Waals surface area contributed by atoms with Gasteiger partial charge in [-0.15, -0.1) is 17.9 Å². The van der Waals surface area contributed by atoms with Crippen LogP contribution >= 0.6 is 11.3 Å². The average Bonchev–Trinajstić information content (AvgIpc) is 3.19. The van der Waals surface area contributed by atoms with Crippen molar-refractivity contribution in [2.75, 3.05) is 26.4 Å². The summed E-state index contributed by atoms with van der Waals surface area (Å²) in [4.78, 5) is 15.6. The summed E-state index contributed by atoms with van der Waals surface area (Å²) in [5.74, 6) is 0.731. The zero-order valence-corrected chi connectivity index (χ0v) is 14.2. The molecule has 6 heteroatoms. The molecule has 1 saturated heterocycles. The number of thiophene rings is 1. The van der Waals surface area contributed by atoms with E-state index in [0.717, 1.165) is 12.8 Å². The predicted molar refractivity (Wildman–Crippen MR) is 89.2 cm³/mol. The molecule has 0 aromatic carbocycles. The van der Waals surface area contributed by atoms with Gasteiger partial charge >= 0.3 is 0 Å². The highest BCUT2D eigenvalue weighted by Crippen LogP contribution is 2.35. The van der Waals surface area contributed by atoms with Crippen LogP contribution in [-0.4, -0.2) is 55.4 Å². The molecule has 0 N–H and O–H groups in total. The maximum absolute atomic E-state index is 13.0. The first-order chi connectivity index (χ1) is 11.3. The smallest absolute Gasteiger partial charge is 0.268 e. The minimum absolute atomic E-state index is 0.0387. The normalized spacial score (nSPS) is 26.8. The van der Waals surface area contributed by atoms with E-state index in [4.69, 9.17) is 14.2 Å². The number of ether oxygens (including phenoxy) is 3. The second-order valence-corrected chi connectivity index (χ2v) is 6.60. The number of carbonyl (C=O) groups excluding carboxylic acids is 1. The van der Waals surface area contributed by atoms with Gasteiger partial charge in [-0.1, -0.05) is 6.08 Å². The number of morpholine rings is 1. The van der Waals surface area contributed by atoms with E-state index in [1.165, 1.54) is 11.3 Å². The number of rotatable bonds is 6. The number of carbonyl (C=O) groups is 1. The first-order valence-electron chi connectivity index (χ1n) is 8.11. The molecule has 2 heterocycles. The van der Waals surface area contributed by atoms with E-state index in [2.05, 4.69) is 6.58 Å². The van der Waals surface area contributed by atoms with Crippen molar-refractivity contribution in [2.24, 2.45) is 0 Å². The van der Waals surface area contributed by atoms with Crippen molar-refractivity contribution in [3.05, 3.63) is 29.0 Å². The van der Waals surface area contributed by atoms with Crippen molar-refractivity contribution in [1.82, 2.24) is 4.90 Å². The molecule has 1 saturated carbocycles. The van der Waals surface area contributed by atoms with Crippen LogP contribution in [0.4, 0.5) is 0 Å². The summed E-state index contributed by atoms with van der Waals surface area (Å²) in [5, 5.41) is 1.90. The lowest BCUT2D eigenvalue weighted by atomic mass is 10.1. The minimum Gasteiger partial charge on any atom is -0.492 e. The highest BCUT2D eigenvalue weighted by molar-refractivity contribution is 7.12. The van der Waals surface area contributed by atoms with Gasteiger partial charge in [0.15, 0.2) is 0 Å². The lowest BCUT2D eigenvalue weighted by Gasteiger charge is -2.38. The van der Waals surface area contributed by atoms with Crippen LogP contribution in [0, 0.1) is 0 Å². The van der Waals surface area contributed by atoms with Gasteiger partial charge in [0.1, 0.15) is 16.7 Å². The second kappa shape index (κ2) is 7.47.